The lowest BCUT2D eigenvalue weighted by atomic mass is 9.74. The summed E-state index contributed by atoms with van der Waals surface area (Å²) < 4.78 is 5.52. The molecule has 0 saturated carbocycles. The number of aliphatic hydroxyl groups is 5. The van der Waals surface area contributed by atoms with Gasteiger partial charge in [-0.05, 0) is 25.7 Å². The van der Waals surface area contributed by atoms with Crippen molar-refractivity contribution in [2.75, 3.05) is 6.61 Å². The Morgan fingerprint density at radius 1 is 0.931 bits per heavy atom. The van der Waals surface area contributed by atoms with Crippen molar-refractivity contribution in [3.8, 4) is 0 Å². The Balaban J connectivity index is 3.38. The van der Waals surface area contributed by atoms with E-state index in [2.05, 4.69) is 0 Å². The standard InChI is InChI=1S/C21H38O8/c1-7-15-11(3)17(24)13(5)19(26)21(28,9-22)8-10(2)16(23)12(4)18(25)14(6)20(27)29-15/h10-18,22-25,28H,7-9H2,1-6H3/t10?,11-,12+,13+,14+,15?,16-,17-,18-,21+/m0/s1. The van der Waals surface area contributed by atoms with E-state index in [0.29, 0.717) is 6.42 Å². The van der Waals surface area contributed by atoms with Gasteiger partial charge in [-0.1, -0.05) is 34.6 Å². The fourth-order valence-corrected chi connectivity index (χ4v) is 4.28. The first-order valence-electron chi connectivity index (χ1n) is 10.4. The summed E-state index contributed by atoms with van der Waals surface area (Å²) in [6.07, 6.45) is -4.14. The molecule has 0 aromatic carbocycles. The first-order valence-corrected chi connectivity index (χ1v) is 10.4. The molecule has 0 spiro atoms. The third kappa shape index (κ3) is 5.55. The lowest BCUT2D eigenvalue weighted by molar-refractivity contribution is -0.169. The van der Waals surface area contributed by atoms with Gasteiger partial charge < -0.3 is 30.3 Å². The minimum Gasteiger partial charge on any atom is -0.462 e. The first kappa shape index (κ1) is 26.0. The molecule has 5 N–H and O–H groups in total. The molecule has 0 aromatic rings. The van der Waals surface area contributed by atoms with Gasteiger partial charge in [0.15, 0.2) is 5.78 Å². The van der Waals surface area contributed by atoms with Gasteiger partial charge in [0.05, 0.1) is 30.8 Å². The SMILES string of the molecule is CCC1OC(=O)[C@H](C)[C@@H](O)[C@H](C)[C@@H](O)C(C)C[C@@](O)(CO)C(=O)[C@H](C)[C@@H](O)[C@H]1C. The van der Waals surface area contributed by atoms with Gasteiger partial charge in [0, 0.05) is 17.8 Å². The van der Waals surface area contributed by atoms with Crippen LogP contribution < -0.4 is 0 Å². The van der Waals surface area contributed by atoms with E-state index in [0.717, 1.165) is 0 Å². The van der Waals surface area contributed by atoms with E-state index in [4.69, 9.17) is 4.74 Å². The molecule has 1 aliphatic heterocycles. The molecule has 8 nitrogen and oxygen atoms in total. The number of esters is 1. The second kappa shape index (κ2) is 10.3. The number of rotatable bonds is 2. The van der Waals surface area contributed by atoms with Crippen molar-refractivity contribution in [2.45, 2.75) is 84.4 Å². The van der Waals surface area contributed by atoms with Crippen molar-refractivity contribution in [3.05, 3.63) is 0 Å². The van der Waals surface area contributed by atoms with Gasteiger partial charge in [0.25, 0.3) is 0 Å². The van der Waals surface area contributed by atoms with Crippen molar-refractivity contribution >= 4 is 11.8 Å². The molecule has 1 aliphatic rings. The number of Topliss-reactive ketones (excluding diaryl/α,β-unsaturated/α-hetero) is 1. The average molecular weight is 419 g/mol. The van der Waals surface area contributed by atoms with E-state index in [1.54, 1.807) is 27.7 Å². The van der Waals surface area contributed by atoms with E-state index in [1.165, 1.54) is 13.8 Å². The molecular formula is C21H38O8. The second-order valence-corrected chi connectivity index (χ2v) is 8.89. The maximum Gasteiger partial charge on any atom is 0.311 e. The Morgan fingerprint density at radius 3 is 1.93 bits per heavy atom. The zero-order valence-corrected chi connectivity index (χ0v) is 18.3. The van der Waals surface area contributed by atoms with Crippen LogP contribution in [0.25, 0.3) is 0 Å². The fraction of sp³-hybridized carbons (Fsp3) is 0.905. The van der Waals surface area contributed by atoms with Crippen LogP contribution in [0, 0.1) is 29.6 Å². The van der Waals surface area contributed by atoms with Crippen molar-refractivity contribution in [3.63, 3.8) is 0 Å². The Bertz CT molecular complexity index is 567. The lowest BCUT2D eigenvalue weighted by Crippen LogP contribution is -2.53. The summed E-state index contributed by atoms with van der Waals surface area (Å²) in [5, 5.41) is 52.5. The van der Waals surface area contributed by atoms with Gasteiger partial charge in [-0.3, -0.25) is 9.59 Å². The molecule has 0 aromatic heterocycles. The fourth-order valence-electron chi connectivity index (χ4n) is 4.28. The highest BCUT2D eigenvalue weighted by Crippen LogP contribution is 2.32. The van der Waals surface area contributed by atoms with Gasteiger partial charge in [-0.2, -0.15) is 0 Å². The van der Waals surface area contributed by atoms with Gasteiger partial charge in [0.2, 0.25) is 0 Å². The summed E-state index contributed by atoms with van der Waals surface area (Å²) >= 11 is 0. The van der Waals surface area contributed by atoms with Crippen molar-refractivity contribution in [1.29, 1.82) is 0 Å². The number of hydrogen-bond donors (Lipinski definition) is 5. The van der Waals surface area contributed by atoms with Crippen LogP contribution in [0.5, 0.6) is 0 Å². The number of cyclic esters (lactones) is 1. The third-order valence-corrected chi connectivity index (χ3v) is 6.65. The molecule has 29 heavy (non-hydrogen) atoms. The number of ether oxygens (including phenoxy) is 1. The minimum atomic E-state index is -2.14. The highest BCUT2D eigenvalue weighted by atomic mass is 16.5. The molecule has 170 valence electrons. The highest BCUT2D eigenvalue weighted by Gasteiger charge is 2.46. The summed E-state index contributed by atoms with van der Waals surface area (Å²) in [6, 6.07) is 0. The van der Waals surface area contributed by atoms with E-state index in [9.17, 15) is 35.1 Å². The van der Waals surface area contributed by atoms with Gasteiger partial charge in [0.1, 0.15) is 11.7 Å². The maximum atomic E-state index is 12.9. The summed E-state index contributed by atoms with van der Waals surface area (Å²) in [7, 11) is 0. The van der Waals surface area contributed by atoms with E-state index < -0.39 is 78.0 Å². The predicted octanol–water partition coefficient (Wildman–Crippen LogP) is 0.268. The smallest absolute Gasteiger partial charge is 0.311 e. The van der Waals surface area contributed by atoms with Crippen molar-refractivity contribution < 1.29 is 39.9 Å². The summed E-state index contributed by atoms with van der Waals surface area (Å²) in [5.41, 5.74) is -2.14. The molecule has 2 unspecified atom stereocenters. The summed E-state index contributed by atoms with van der Waals surface area (Å²) in [6.45, 7) is 8.71. The van der Waals surface area contributed by atoms with E-state index in [-0.39, 0.29) is 6.42 Å². The lowest BCUT2D eigenvalue weighted by Gasteiger charge is -2.38. The van der Waals surface area contributed by atoms with Crippen LogP contribution in [-0.4, -0.2) is 73.9 Å². The molecule has 1 fully saturated rings. The molecule has 0 amide bonds. The predicted molar refractivity (Wildman–Crippen MR) is 106 cm³/mol. The van der Waals surface area contributed by atoms with Crippen molar-refractivity contribution in [2.24, 2.45) is 29.6 Å². The van der Waals surface area contributed by atoms with Crippen molar-refractivity contribution in [1.82, 2.24) is 0 Å². The van der Waals surface area contributed by atoms with Gasteiger partial charge in [-0.25, -0.2) is 0 Å². The average Bonchev–Trinajstić information content (AvgIpc) is 2.71. The summed E-state index contributed by atoms with van der Waals surface area (Å²) in [4.78, 5) is 25.5. The van der Waals surface area contributed by atoms with Crippen LogP contribution in [-0.2, 0) is 14.3 Å². The Kier molecular flexibility index (Phi) is 9.23. The molecule has 1 heterocycles. The van der Waals surface area contributed by atoms with Crippen LogP contribution in [0.3, 0.4) is 0 Å². The van der Waals surface area contributed by atoms with E-state index in [1.807, 2.05) is 0 Å². The number of ketones is 1. The zero-order chi connectivity index (χ0) is 22.7. The summed E-state index contributed by atoms with van der Waals surface area (Å²) in [5.74, 6) is -5.34. The molecule has 0 aliphatic carbocycles. The molecule has 0 bridgehead atoms. The van der Waals surface area contributed by atoms with Crippen LogP contribution >= 0.6 is 0 Å². The topological polar surface area (TPSA) is 145 Å². The molecule has 10 atom stereocenters. The van der Waals surface area contributed by atoms with Crippen LogP contribution in [0.15, 0.2) is 0 Å². The van der Waals surface area contributed by atoms with E-state index >= 15 is 0 Å². The number of carbonyl (C=O) groups excluding carboxylic acids is 2. The Hall–Kier alpha value is -1.06. The maximum absolute atomic E-state index is 12.9. The Labute approximate surface area is 172 Å². The Morgan fingerprint density at radius 2 is 1.45 bits per heavy atom. The monoisotopic (exact) mass is 418 g/mol. The molecule has 1 saturated heterocycles. The van der Waals surface area contributed by atoms with Gasteiger partial charge >= 0.3 is 5.97 Å². The third-order valence-electron chi connectivity index (χ3n) is 6.65. The number of carbonyl (C=O) groups is 2. The largest absolute Gasteiger partial charge is 0.462 e. The molecule has 0 radical (unpaired) electrons. The number of hydrogen-bond acceptors (Lipinski definition) is 8. The highest BCUT2D eigenvalue weighted by molar-refractivity contribution is 5.89. The molecular weight excluding hydrogens is 380 g/mol. The molecule has 1 rings (SSSR count). The normalized spacial score (nSPS) is 46.1. The minimum absolute atomic E-state index is 0.248. The van der Waals surface area contributed by atoms with Crippen LogP contribution in [0.4, 0.5) is 0 Å². The first-order chi connectivity index (χ1) is 13.3. The van der Waals surface area contributed by atoms with Crippen LogP contribution in [0.1, 0.15) is 54.4 Å². The second-order valence-electron chi connectivity index (χ2n) is 8.89. The molecule has 8 heteroatoms. The quantitative estimate of drug-likeness (QED) is 0.402. The zero-order valence-electron chi connectivity index (χ0n) is 18.3. The van der Waals surface area contributed by atoms with Gasteiger partial charge in [-0.15, -0.1) is 0 Å². The number of aliphatic hydroxyl groups excluding tert-OH is 4. The van der Waals surface area contributed by atoms with Crippen LogP contribution in [0.2, 0.25) is 0 Å².